The summed E-state index contributed by atoms with van der Waals surface area (Å²) in [6, 6.07) is 16.5. The van der Waals surface area contributed by atoms with E-state index >= 15 is 0 Å². The molecule has 0 unspecified atom stereocenters. The lowest BCUT2D eigenvalue weighted by Gasteiger charge is -2.14. The quantitative estimate of drug-likeness (QED) is 0.435. The Morgan fingerprint density at radius 3 is 2.38 bits per heavy atom. The van der Waals surface area contributed by atoms with Crippen molar-refractivity contribution in [3.8, 4) is 0 Å². The van der Waals surface area contributed by atoms with Crippen molar-refractivity contribution < 1.29 is 14.4 Å². The van der Waals surface area contributed by atoms with Gasteiger partial charge >= 0.3 is 0 Å². The van der Waals surface area contributed by atoms with Crippen LogP contribution in [0.3, 0.4) is 0 Å². The zero-order valence-corrected chi connectivity index (χ0v) is 17.4. The van der Waals surface area contributed by atoms with E-state index in [1.807, 2.05) is 30.3 Å². The smallest absolute Gasteiger partial charge is 0.288 e. The van der Waals surface area contributed by atoms with Crippen molar-refractivity contribution in [2.24, 2.45) is 5.92 Å². The first kappa shape index (κ1) is 19.7. The Kier molecular flexibility index (Phi) is 4.82. The predicted octanol–water partition coefficient (Wildman–Crippen LogP) is 3.22. The van der Waals surface area contributed by atoms with Gasteiger partial charge in [0.15, 0.2) is 0 Å². The molecular formula is C24H21N5O3. The minimum absolute atomic E-state index is 0.00444. The van der Waals surface area contributed by atoms with Gasteiger partial charge in [0.2, 0.25) is 5.91 Å². The molecule has 32 heavy (non-hydrogen) atoms. The van der Waals surface area contributed by atoms with Gasteiger partial charge in [-0.2, -0.15) is 0 Å². The molecule has 3 amide bonds. The van der Waals surface area contributed by atoms with E-state index in [0.29, 0.717) is 22.7 Å². The number of nitrogens with one attached hydrogen (secondary N) is 3. The molecule has 1 saturated carbocycles. The summed E-state index contributed by atoms with van der Waals surface area (Å²) in [5, 5.41) is 4.62. The van der Waals surface area contributed by atoms with Gasteiger partial charge in [-0.1, -0.05) is 30.3 Å². The Hall–Kier alpha value is -4.20. The SMILES string of the molecule is Cc1nc2ccccn2c1C(=O)NNC(=O)c1cc2ccccc2cc1NC(=O)C1CC1. The van der Waals surface area contributed by atoms with Crippen LogP contribution in [0, 0.1) is 12.8 Å². The summed E-state index contributed by atoms with van der Waals surface area (Å²) in [5.41, 5.74) is 7.15. The summed E-state index contributed by atoms with van der Waals surface area (Å²) in [6.07, 6.45) is 3.45. The van der Waals surface area contributed by atoms with E-state index < -0.39 is 11.8 Å². The second kappa shape index (κ2) is 7.81. The Balaban J connectivity index is 1.40. The summed E-state index contributed by atoms with van der Waals surface area (Å²) in [4.78, 5) is 42.5. The number of aryl methyl sites for hydroxylation is 1. The highest BCUT2D eigenvalue weighted by molar-refractivity contribution is 6.09. The maximum atomic E-state index is 13.0. The van der Waals surface area contributed by atoms with Gasteiger partial charge in [0.25, 0.3) is 11.8 Å². The Morgan fingerprint density at radius 1 is 0.938 bits per heavy atom. The summed E-state index contributed by atoms with van der Waals surface area (Å²) < 4.78 is 1.66. The fraction of sp³-hybridized carbons (Fsp3) is 0.167. The molecule has 2 aromatic heterocycles. The van der Waals surface area contributed by atoms with Gasteiger partial charge in [-0.25, -0.2) is 4.98 Å². The predicted molar refractivity (Wildman–Crippen MR) is 120 cm³/mol. The fourth-order valence-electron chi connectivity index (χ4n) is 3.74. The third-order valence-corrected chi connectivity index (χ3v) is 5.55. The van der Waals surface area contributed by atoms with E-state index in [2.05, 4.69) is 21.2 Å². The first-order chi connectivity index (χ1) is 15.5. The topological polar surface area (TPSA) is 105 Å². The van der Waals surface area contributed by atoms with E-state index in [4.69, 9.17) is 0 Å². The summed E-state index contributed by atoms with van der Waals surface area (Å²) in [7, 11) is 0. The maximum absolute atomic E-state index is 13.0. The lowest BCUT2D eigenvalue weighted by atomic mass is 10.0. The number of hydrazine groups is 1. The molecule has 0 aliphatic heterocycles. The van der Waals surface area contributed by atoms with Crippen LogP contribution in [-0.2, 0) is 4.79 Å². The molecule has 4 aromatic rings. The number of fused-ring (bicyclic) bond motifs is 2. The Morgan fingerprint density at radius 2 is 1.62 bits per heavy atom. The number of nitrogens with zero attached hydrogens (tertiary/aromatic N) is 2. The van der Waals surface area contributed by atoms with Crippen molar-refractivity contribution in [2.45, 2.75) is 19.8 Å². The molecular weight excluding hydrogens is 406 g/mol. The van der Waals surface area contributed by atoms with Gasteiger partial charge in [-0.05, 0) is 54.8 Å². The number of imidazole rings is 1. The third kappa shape index (κ3) is 3.66. The lowest BCUT2D eigenvalue weighted by Crippen LogP contribution is -2.42. The molecule has 5 rings (SSSR count). The van der Waals surface area contributed by atoms with E-state index in [-0.39, 0.29) is 17.4 Å². The van der Waals surface area contributed by atoms with Crippen LogP contribution >= 0.6 is 0 Å². The molecule has 0 spiro atoms. The molecule has 0 bridgehead atoms. The number of rotatable bonds is 4. The molecule has 1 aliphatic rings. The summed E-state index contributed by atoms with van der Waals surface area (Å²) in [5.74, 6) is -1.12. The highest BCUT2D eigenvalue weighted by atomic mass is 16.2. The van der Waals surface area contributed by atoms with Crippen molar-refractivity contribution >= 4 is 39.8 Å². The van der Waals surface area contributed by atoms with E-state index in [0.717, 1.165) is 23.6 Å². The number of hydrogen-bond acceptors (Lipinski definition) is 4. The van der Waals surface area contributed by atoms with Crippen LogP contribution in [0.1, 0.15) is 39.4 Å². The number of pyridine rings is 1. The number of benzene rings is 2. The monoisotopic (exact) mass is 427 g/mol. The number of carbonyl (C=O) groups excluding carboxylic acids is 3. The molecule has 8 heteroatoms. The van der Waals surface area contributed by atoms with Crippen LogP contribution in [0.2, 0.25) is 0 Å². The van der Waals surface area contributed by atoms with E-state index in [1.54, 1.807) is 41.8 Å². The number of carbonyl (C=O) groups is 3. The molecule has 2 heterocycles. The average molecular weight is 427 g/mol. The van der Waals surface area contributed by atoms with Gasteiger partial charge in [0.05, 0.1) is 16.9 Å². The number of anilines is 1. The molecule has 1 aliphatic carbocycles. The highest BCUT2D eigenvalue weighted by Crippen LogP contribution is 2.32. The first-order valence-corrected chi connectivity index (χ1v) is 10.4. The third-order valence-electron chi connectivity index (χ3n) is 5.55. The normalized spacial score (nSPS) is 13.2. The van der Waals surface area contributed by atoms with Crippen LogP contribution in [0.5, 0.6) is 0 Å². The molecule has 0 atom stereocenters. The van der Waals surface area contributed by atoms with Crippen LogP contribution in [-0.4, -0.2) is 27.1 Å². The van der Waals surface area contributed by atoms with Gasteiger partial charge in [0.1, 0.15) is 11.3 Å². The second-order valence-electron chi connectivity index (χ2n) is 7.89. The molecule has 160 valence electrons. The highest BCUT2D eigenvalue weighted by Gasteiger charge is 2.30. The zero-order chi connectivity index (χ0) is 22.2. The largest absolute Gasteiger partial charge is 0.325 e. The first-order valence-electron chi connectivity index (χ1n) is 10.4. The molecule has 2 aromatic carbocycles. The van der Waals surface area contributed by atoms with Crippen molar-refractivity contribution in [2.75, 3.05) is 5.32 Å². The Labute approximate surface area is 183 Å². The van der Waals surface area contributed by atoms with Gasteiger partial charge < -0.3 is 5.32 Å². The number of amides is 3. The van der Waals surface area contributed by atoms with Crippen LogP contribution in [0.25, 0.3) is 16.4 Å². The van der Waals surface area contributed by atoms with Gasteiger partial charge in [-0.15, -0.1) is 0 Å². The number of aromatic nitrogens is 2. The lowest BCUT2D eigenvalue weighted by molar-refractivity contribution is -0.117. The maximum Gasteiger partial charge on any atom is 0.288 e. The molecule has 0 saturated heterocycles. The number of hydrogen-bond donors (Lipinski definition) is 3. The van der Waals surface area contributed by atoms with Crippen molar-refractivity contribution in [3.05, 3.63) is 77.7 Å². The van der Waals surface area contributed by atoms with Crippen molar-refractivity contribution in [1.29, 1.82) is 0 Å². The van der Waals surface area contributed by atoms with Crippen LogP contribution in [0.4, 0.5) is 5.69 Å². The second-order valence-corrected chi connectivity index (χ2v) is 7.89. The fourth-order valence-corrected chi connectivity index (χ4v) is 3.74. The Bertz CT molecular complexity index is 1390. The minimum Gasteiger partial charge on any atom is -0.325 e. The van der Waals surface area contributed by atoms with Crippen LogP contribution < -0.4 is 16.2 Å². The average Bonchev–Trinajstić information content (AvgIpc) is 3.59. The molecule has 3 N–H and O–H groups in total. The molecule has 0 radical (unpaired) electrons. The standard InChI is InChI=1S/C24H21N5O3/c1-14-21(29-11-5-4-8-20(29)25-14)24(32)28-27-23(31)18-12-16-6-2-3-7-17(16)13-19(18)26-22(30)15-9-10-15/h2-8,11-13,15H,9-10H2,1H3,(H,26,30)(H,27,31)(H,28,32). The summed E-state index contributed by atoms with van der Waals surface area (Å²) in [6.45, 7) is 1.73. The van der Waals surface area contributed by atoms with E-state index in [9.17, 15) is 14.4 Å². The summed E-state index contributed by atoms with van der Waals surface area (Å²) >= 11 is 0. The van der Waals surface area contributed by atoms with Gasteiger partial charge in [-0.3, -0.25) is 29.6 Å². The molecule has 1 fully saturated rings. The molecule has 8 nitrogen and oxygen atoms in total. The van der Waals surface area contributed by atoms with Crippen molar-refractivity contribution in [3.63, 3.8) is 0 Å². The van der Waals surface area contributed by atoms with Crippen molar-refractivity contribution in [1.82, 2.24) is 20.2 Å². The van der Waals surface area contributed by atoms with Gasteiger partial charge in [0, 0.05) is 12.1 Å². The minimum atomic E-state index is -0.526. The zero-order valence-electron chi connectivity index (χ0n) is 17.4. The van der Waals surface area contributed by atoms with Crippen LogP contribution in [0.15, 0.2) is 60.8 Å². The van der Waals surface area contributed by atoms with E-state index in [1.165, 1.54) is 0 Å².